The maximum absolute atomic E-state index is 12.3. The molecule has 0 aromatic heterocycles. The van der Waals surface area contributed by atoms with Crippen molar-refractivity contribution in [1.82, 2.24) is 5.32 Å². The van der Waals surface area contributed by atoms with Gasteiger partial charge in [0, 0.05) is 0 Å². The summed E-state index contributed by atoms with van der Waals surface area (Å²) in [5.74, 6) is -2.16. The van der Waals surface area contributed by atoms with Gasteiger partial charge in [0.2, 0.25) is 0 Å². The number of nitrogens with one attached hydrogen (secondary N) is 1. The Bertz CT molecular complexity index is 547. The van der Waals surface area contributed by atoms with E-state index in [0.29, 0.717) is 6.42 Å². The van der Waals surface area contributed by atoms with E-state index in [-0.39, 0.29) is 6.42 Å². The third-order valence-electron chi connectivity index (χ3n) is 6.31. The molecular weight excluding hydrogens is 430 g/mol. The SMILES string of the molecule is CCCCCCCCCCCCCCCC[C@@H](NC(=O)[C@H]1OC(O)[C@H](O)[C@@H](O)[C@@H]1O)C(=O)O. The third kappa shape index (κ3) is 11.6. The van der Waals surface area contributed by atoms with E-state index >= 15 is 0 Å². The topological polar surface area (TPSA) is 157 Å². The Hall–Kier alpha value is -1.26. The molecule has 0 bridgehead atoms. The molecular formula is C24H45NO8. The molecule has 1 saturated heterocycles. The molecule has 0 spiro atoms. The Morgan fingerprint density at radius 3 is 1.64 bits per heavy atom. The lowest BCUT2D eigenvalue weighted by molar-refractivity contribution is -0.275. The van der Waals surface area contributed by atoms with Gasteiger partial charge in [-0.15, -0.1) is 0 Å². The Kier molecular flexibility index (Phi) is 15.5. The van der Waals surface area contributed by atoms with E-state index in [1.807, 2.05) is 0 Å². The van der Waals surface area contributed by atoms with Gasteiger partial charge in [0.15, 0.2) is 12.4 Å². The van der Waals surface area contributed by atoms with Crippen molar-refractivity contribution in [3.8, 4) is 0 Å². The molecule has 9 nitrogen and oxygen atoms in total. The van der Waals surface area contributed by atoms with E-state index in [9.17, 15) is 35.1 Å². The fourth-order valence-corrected chi connectivity index (χ4v) is 4.13. The number of amides is 1. The number of hydrogen-bond acceptors (Lipinski definition) is 7. The zero-order valence-corrected chi connectivity index (χ0v) is 20.0. The highest BCUT2D eigenvalue weighted by molar-refractivity contribution is 5.86. The smallest absolute Gasteiger partial charge is 0.326 e. The van der Waals surface area contributed by atoms with Crippen LogP contribution in [0, 0.1) is 0 Å². The van der Waals surface area contributed by atoms with E-state index < -0.39 is 48.6 Å². The zero-order valence-electron chi connectivity index (χ0n) is 20.0. The number of rotatable bonds is 18. The molecule has 0 aliphatic carbocycles. The number of aliphatic hydroxyl groups excluding tert-OH is 4. The molecule has 9 heteroatoms. The molecule has 194 valence electrons. The highest BCUT2D eigenvalue weighted by atomic mass is 16.6. The summed E-state index contributed by atoms with van der Waals surface area (Å²) in [5, 5.41) is 50.3. The van der Waals surface area contributed by atoms with Crippen molar-refractivity contribution >= 4 is 11.9 Å². The fraction of sp³-hybridized carbons (Fsp3) is 0.917. The van der Waals surface area contributed by atoms with Crippen LogP contribution in [0.1, 0.15) is 103 Å². The number of hydrogen-bond donors (Lipinski definition) is 6. The van der Waals surface area contributed by atoms with Crippen molar-refractivity contribution < 1.29 is 39.9 Å². The molecule has 0 aromatic carbocycles. The molecule has 0 aromatic rings. The van der Waals surface area contributed by atoms with Crippen LogP contribution in [-0.2, 0) is 14.3 Å². The van der Waals surface area contributed by atoms with E-state index in [1.54, 1.807) is 0 Å². The Balaban J connectivity index is 2.15. The lowest BCUT2D eigenvalue weighted by Gasteiger charge is -2.37. The summed E-state index contributed by atoms with van der Waals surface area (Å²) < 4.78 is 4.84. The summed E-state index contributed by atoms with van der Waals surface area (Å²) in [6, 6.07) is -1.16. The molecule has 1 amide bonds. The first-order valence-electron chi connectivity index (χ1n) is 12.7. The minimum atomic E-state index is -1.85. The monoisotopic (exact) mass is 475 g/mol. The van der Waals surface area contributed by atoms with Crippen LogP contribution in [0.3, 0.4) is 0 Å². The van der Waals surface area contributed by atoms with Gasteiger partial charge in [0.1, 0.15) is 24.4 Å². The zero-order chi connectivity index (χ0) is 24.6. The van der Waals surface area contributed by atoms with E-state index in [2.05, 4.69) is 12.2 Å². The van der Waals surface area contributed by atoms with E-state index in [0.717, 1.165) is 19.3 Å². The summed E-state index contributed by atoms with van der Waals surface area (Å²) >= 11 is 0. The second-order valence-electron chi connectivity index (χ2n) is 9.20. The van der Waals surface area contributed by atoms with Crippen LogP contribution < -0.4 is 5.32 Å². The number of aliphatic carboxylic acids is 1. The second-order valence-corrected chi connectivity index (χ2v) is 9.20. The maximum Gasteiger partial charge on any atom is 0.326 e. The quantitative estimate of drug-likeness (QED) is 0.165. The Morgan fingerprint density at radius 2 is 1.18 bits per heavy atom. The lowest BCUT2D eigenvalue weighted by Crippen LogP contribution is -2.62. The summed E-state index contributed by atoms with van der Waals surface area (Å²) in [4.78, 5) is 23.8. The molecule has 6 atom stereocenters. The summed E-state index contributed by atoms with van der Waals surface area (Å²) in [5.41, 5.74) is 0. The van der Waals surface area contributed by atoms with Gasteiger partial charge in [-0.25, -0.2) is 4.79 Å². The van der Waals surface area contributed by atoms with Gasteiger partial charge in [-0.2, -0.15) is 0 Å². The molecule has 1 rings (SSSR count). The van der Waals surface area contributed by atoms with Crippen molar-refractivity contribution in [2.75, 3.05) is 0 Å². The first-order valence-corrected chi connectivity index (χ1v) is 12.7. The van der Waals surface area contributed by atoms with Crippen LogP contribution in [0.4, 0.5) is 0 Å². The molecule has 6 N–H and O–H groups in total. The van der Waals surface area contributed by atoms with Gasteiger partial charge in [-0.3, -0.25) is 4.79 Å². The Morgan fingerprint density at radius 1 is 0.727 bits per heavy atom. The van der Waals surface area contributed by atoms with Crippen molar-refractivity contribution in [2.24, 2.45) is 0 Å². The molecule has 1 fully saturated rings. The van der Waals surface area contributed by atoms with Crippen molar-refractivity contribution in [3.05, 3.63) is 0 Å². The van der Waals surface area contributed by atoms with Crippen LogP contribution in [0.15, 0.2) is 0 Å². The van der Waals surface area contributed by atoms with Gasteiger partial charge in [0.25, 0.3) is 5.91 Å². The standard InChI is InChI=1S/C24H45NO8/c1-2-3-4-5-6-7-8-9-10-11-12-13-14-15-16-17(23(30)31)25-22(29)21-19(27)18(26)20(28)24(32)33-21/h17-21,24,26-28,32H,2-16H2,1H3,(H,25,29)(H,30,31)/t17-,18+,19+,20-,21+,24?/m1/s1. The van der Waals surface area contributed by atoms with Crippen molar-refractivity contribution in [2.45, 2.75) is 140 Å². The van der Waals surface area contributed by atoms with Crippen LogP contribution in [-0.4, -0.2) is 74.2 Å². The number of unbranched alkanes of at least 4 members (excludes halogenated alkanes) is 13. The highest BCUT2D eigenvalue weighted by Gasteiger charge is 2.46. The number of carboxylic acids is 1. The predicted molar refractivity (Wildman–Crippen MR) is 123 cm³/mol. The largest absolute Gasteiger partial charge is 0.480 e. The average Bonchev–Trinajstić information content (AvgIpc) is 2.79. The second kappa shape index (κ2) is 17.2. The first kappa shape index (κ1) is 29.8. The van der Waals surface area contributed by atoms with Crippen molar-refractivity contribution in [1.29, 1.82) is 0 Å². The molecule has 1 heterocycles. The Labute approximate surface area is 197 Å². The van der Waals surface area contributed by atoms with Gasteiger partial charge in [-0.1, -0.05) is 96.8 Å². The van der Waals surface area contributed by atoms with Gasteiger partial charge in [0.05, 0.1) is 0 Å². The highest BCUT2D eigenvalue weighted by Crippen LogP contribution is 2.20. The van der Waals surface area contributed by atoms with Gasteiger partial charge in [-0.05, 0) is 6.42 Å². The normalized spacial score (nSPS) is 26.2. The van der Waals surface area contributed by atoms with Crippen LogP contribution in [0.25, 0.3) is 0 Å². The number of carbonyl (C=O) groups is 2. The minimum absolute atomic E-state index is 0.232. The maximum atomic E-state index is 12.3. The van der Waals surface area contributed by atoms with Gasteiger partial charge < -0.3 is 35.6 Å². The van der Waals surface area contributed by atoms with Crippen LogP contribution >= 0.6 is 0 Å². The van der Waals surface area contributed by atoms with E-state index in [4.69, 9.17) is 4.74 Å². The number of carboxylic acid groups (broad SMARTS) is 1. The average molecular weight is 476 g/mol. The first-order chi connectivity index (χ1) is 15.8. The molecule has 1 aliphatic rings. The van der Waals surface area contributed by atoms with Gasteiger partial charge >= 0.3 is 5.97 Å². The van der Waals surface area contributed by atoms with Crippen LogP contribution in [0.2, 0.25) is 0 Å². The van der Waals surface area contributed by atoms with E-state index in [1.165, 1.54) is 64.2 Å². The van der Waals surface area contributed by atoms with Crippen molar-refractivity contribution in [3.63, 3.8) is 0 Å². The van der Waals surface area contributed by atoms with Crippen LogP contribution in [0.5, 0.6) is 0 Å². The molecule has 0 radical (unpaired) electrons. The fourth-order valence-electron chi connectivity index (χ4n) is 4.13. The summed E-state index contributed by atoms with van der Waals surface area (Å²) in [6.07, 6.45) is 8.02. The predicted octanol–water partition coefficient (Wildman–Crippen LogP) is 2.23. The number of ether oxygens (including phenoxy) is 1. The molecule has 1 aliphatic heterocycles. The molecule has 1 unspecified atom stereocenters. The summed E-state index contributed by atoms with van der Waals surface area (Å²) in [6.45, 7) is 2.23. The molecule has 0 saturated carbocycles. The number of aliphatic hydroxyl groups is 4. The minimum Gasteiger partial charge on any atom is -0.480 e. The third-order valence-corrected chi connectivity index (χ3v) is 6.31. The lowest BCUT2D eigenvalue weighted by atomic mass is 9.98. The molecule has 33 heavy (non-hydrogen) atoms. The number of carbonyl (C=O) groups excluding carboxylic acids is 1. The summed E-state index contributed by atoms with van der Waals surface area (Å²) in [7, 11) is 0.